The number of phenolic OH excluding ortho intramolecular Hbond substituents is 1. The molecule has 8 heteroatoms. The van der Waals surface area contributed by atoms with E-state index >= 15 is 0 Å². The summed E-state index contributed by atoms with van der Waals surface area (Å²) in [4.78, 5) is 9.52. The molecular formula is C24H36NO6P. The summed E-state index contributed by atoms with van der Waals surface area (Å²) in [7, 11) is -2.60. The van der Waals surface area contributed by atoms with Gasteiger partial charge in [-0.25, -0.2) is 0 Å². The molecule has 0 heterocycles. The van der Waals surface area contributed by atoms with Crippen LogP contribution in [0.1, 0.15) is 38.2 Å². The van der Waals surface area contributed by atoms with E-state index in [1.165, 1.54) is 12.1 Å². The first-order valence-electron chi connectivity index (χ1n) is 11.2. The third kappa shape index (κ3) is 10.5. The van der Waals surface area contributed by atoms with Crippen molar-refractivity contribution >= 4 is 8.03 Å². The number of aromatic hydroxyl groups is 1. The second-order valence-corrected chi connectivity index (χ2v) is 9.39. The fourth-order valence-corrected chi connectivity index (χ4v) is 3.84. The van der Waals surface area contributed by atoms with Crippen LogP contribution in [-0.4, -0.2) is 53.2 Å². The van der Waals surface area contributed by atoms with Gasteiger partial charge in [-0.3, -0.25) is 4.57 Å². The molecule has 7 nitrogen and oxygen atoms in total. The van der Waals surface area contributed by atoms with E-state index in [0.717, 1.165) is 37.7 Å². The molecule has 0 spiro atoms. The zero-order valence-corrected chi connectivity index (χ0v) is 19.7. The molecule has 3 atom stereocenters. The third-order valence-electron chi connectivity index (χ3n) is 5.13. The lowest BCUT2D eigenvalue weighted by molar-refractivity contribution is 0.106. The lowest BCUT2D eigenvalue weighted by atomic mass is 10.1. The highest BCUT2D eigenvalue weighted by Crippen LogP contribution is 2.28. The maximum absolute atomic E-state index is 11.6. The molecule has 0 radical (unpaired) electrons. The van der Waals surface area contributed by atoms with Gasteiger partial charge in [0.1, 0.15) is 30.0 Å². The fraction of sp³-hybridized carbons (Fsp3) is 0.500. The number of aliphatic hydroxyl groups excluding tert-OH is 1. The Labute approximate surface area is 191 Å². The number of ether oxygens (including phenoxy) is 2. The predicted molar refractivity (Wildman–Crippen MR) is 127 cm³/mol. The van der Waals surface area contributed by atoms with E-state index in [1.807, 2.05) is 24.3 Å². The summed E-state index contributed by atoms with van der Waals surface area (Å²) >= 11 is 0. The summed E-state index contributed by atoms with van der Waals surface area (Å²) in [5, 5.41) is 22.5. The maximum Gasteiger partial charge on any atom is 0.195 e. The number of nitrogens with one attached hydrogen (secondary N) is 1. The molecular weight excluding hydrogens is 429 g/mol. The zero-order chi connectivity index (χ0) is 23.2. The van der Waals surface area contributed by atoms with Crippen molar-refractivity contribution in [3.8, 4) is 17.2 Å². The van der Waals surface area contributed by atoms with Gasteiger partial charge in [-0.2, -0.15) is 0 Å². The molecule has 2 aromatic carbocycles. The molecule has 178 valence electrons. The number of phenols is 1. The van der Waals surface area contributed by atoms with Gasteiger partial charge in [0, 0.05) is 6.54 Å². The Bertz CT molecular complexity index is 784. The topological polar surface area (TPSA) is 108 Å². The van der Waals surface area contributed by atoms with Gasteiger partial charge in [-0.1, -0.05) is 38.3 Å². The Kier molecular flexibility index (Phi) is 12.2. The fourth-order valence-electron chi connectivity index (χ4n) is 3.16. The van der Waals surface area contributed by atoms with E-state index in [-0.39, 0.29) is 24.6 Å². The van der Waals surface area contributed by atoms with Crippen LogP contribution in [-0.2, 0) is 11.0 Å². The minimum atomic E-state index is -2.60. The number of unbranched alkanes of at least 4 members (excludes halogenated alkanes) is 2. The molecule has 0 aromatic heterocycles. The van der Waals surface area contributed by atoms with Gasteiger partial charge in [-0.05, 0) is 61.3 Å². The molecule has 0 aliphatic rings. The lowest BCUT2D eigenvalue weighted by Gasteiger charge is -2.15. The maximum atomic E-state index is 11.6. The Balaban J connectivity index is 1.62. The average molecular weight is 466 g/mol. The first-order valence-corrected chi connectivity index (χ1v) is 12.7. The van der Waals surface area contributed by atoms with E-state index in [0.29, 0.717) is 24.6 Å². The van der Waals surface area contributed by atoms with Crippen molar-refractivity contribution in [2.45, 2.75) is 50.8 Å². The molecule has 0 aliphatic carbocycles. The van der Waals surface area contributed by atoms with Crippen molar-refractivity contribution in [2.24, 2.45) is 0 Å². The monoisotopic (exact) mass is 465 g/mol. The van der Waals surface area contributed by atoms with E-state index in [1.54, 1.807) is 12.1 Å². The molecule has 0 aliphatic heterocycles. The van der Waals surface area contributed by atoms with Gasteiger partial charge >= 0.3 is 0 Å². The van der Waals surface area contributed by atoms with E-state index < -0.39 is 14.1 Å². The molecule has 32 heavy (non-hydrogen) atoms. The van der Waals surface area contributed by atoms with E-state index in [4.69, 9.17) is 9.47 Å². The molecule has 2 unspecified atom stereocenters. The number of hydrogen-bond acceptors (Lipinski definition) is 6. The number of benzene rings is 2. The van der Waals surface area contributed by atoms with Crippen molar-refractivity contribution in [1.82, 2.24) is 5.32 Å². The van der Waals surface area contributed by atoms with Crippen LogP contribution in [0.4, 0.5) is 0 Å². The standard InChI is InChI=1S/C24H36NO6P/c1-2-3-4-5-24(32(28)29)18-31-22-10-6-19(7-11-22)14-15-25-16-21(27)17-30-23-12-8-20(26)9-13-23/h6-13,21,24-27,32H,2-5,14-18H2,1H3,(H,28,29)/t21-,24?/m0/s1. The predicted octanol–water partition coefficient (Wildman–Crippen LogP) is 3.76. The minimum Gasteiger partial charge on any atom is -0.508 e. The van der Waals surface area contributed by atoms with Crippen LogP contribution in [0.2, 0.25) is 0 Å². The average Bonchev–Trinajstić information content (AvgIpc) is 2.79. The number of rotatable bonds is 16. The Hall–Kier alpha value is -2.05. The lowest BCUT2D eigenvalue weighted by Crippen LogP contribution is -2.32. The first-order chi connectivity index (χ1) is 15.5. The van der Waals surface area contributed by atoms with Crippen molar-refractivity contribution < 1.29 is 29.1 Å². The molecule has 2 aromatic rings. The molecule has 4 N–H and O–H groups in total. The largest absolute Gasteiger partial charge is 0.508 e. The number of hydrogen-bond donors (Lipinski definition) is 4. The first kappa shape index (κ1) is 26.2. The summed E-state index contributed by atoms with van der Waals surface area (Å²) in [5.74, 6) is 1.48. The van der Waals surface area contributed by atoms with Crippen LogP contribution in [0.5, 0.6) is 17.2 Å². The van der Waals surface area contributed by atoms with Crippen LogP contribution >= 0.6 is 8.03 Å². The van der Waals surface area contributed by atoms with Crippen molar-refractivity contribution in [2.75, 3.05) is 26.3 Å². The van der Waals surface area contributed by atoms with Gasteiger partial charge in [0.15, 0.2) is 8.03 Å². The molecule has 0 saturated carbocycles. The van der Waals surface area contributed by atoms with Crippen molar-refractivity contribution in [3.63, 3.8) is 0 Å². The van der Waals surface area contributed by atoms with Gasteiger partial charge in [0.25, 0.3) is 0 Å². The second kappa shape index (κ2) is 14.9. The summed E-state index contributed by atoms with van der Waals surface area (Å²) in [6.45, 7) is 3.68. The third-order valence-corrected chi connectivity index (χ3v) is 6.28. The summed E-state index contributed by atoms with van der Waals surface area (Å²) in [6, 6.07) is 14.1. The van der Waals surface area contributed by atoms with Gasteiger partial charge in [0.05, 0.1) is 12.3 Å². The van der Waals surface area contributed by atoms with Crippen LogP contribution < -0.4 is 14.8 Å². The molecule has 0 fully saturated rings. The van der Waals surface area contributed by atoms with Crippen molar-refractivity contribution in [1.29, 1.82) is 0 Å². The molecule has 0 amide bonds. The quantitative estimate of drug-likeness (QED) is 0.221. The summed E-state index contributed by atoms with van der Waals surface area (Å²) < 4.78 is 22.8. The van der Waals surface area contributed by atoms with Crippen LogP contribution in [0.25, 0.3) is 0 Å². The van der Waals surface area contributed by atoms with Crippen LogP contribution in [0.15, 0.2) is 48.5 Å². The highest BCUT2D eigenvalue weighted by molar-refractivity contribution is 7.38. The molecule has 2 rings (SSSR count). The zero-order valence-electron chi connectivity index (χ0n) is 18.7. The van der Waals surface area contributed by atoms with E-state index in [2.05, 4.69) is 12.2 Å². The Morgan fingerprint density at radius 2 is 1.59 bits per heavy atom. The van der Waals surface area contributed by atoms with Crippen LogP contribution in [0.3, 0.4) is 0 Å². The van der Waals surface area contributed by atoms with Gasteiger partial charge in [0.2, 0.25) is 0 Å². The SMILES string of the molecule is CCCCCC(COc1ccc(CCNC[C@H](O)COc2ccc(O)cc2)cc1)[PH](=O)O. The summed E-state index contributed by atoms with van der Waals surface area (Å²) in [5.41, 5.74) is 0.842. The molecule has 0 bridgehead atoms. The highest BCUT2D eigenvalue weighted by atomic mass is 31.1. The Morgan fingerprint density at radius 3 is 2.22 bits per heavy atom. The van der Waals surface area contributed by atoms with Gasteiger partial charge in [-0.15, -0.1) is 0 Å². The minimum absolute atomic E-state index is 0.170. The Morgan fingerprint density at radius 1 is 0.969 bits per heavy atom. The van der Waals surface area contributed by atoms with Crippen molar-refractivity contribution in [3.05, 3.63) is 54.1 Å². The molecule has 0 saturated heterocycles. The van der Waals surface area contributed by atoms with Gasteiger partial charge < -0.3 is 29.9 Å². The number of aliphatic hydroxyl groups is 1. The summed E-state index contributed by atoms with van der Waals surface area (Å²) in [6.07, 6.45) is 3.99. The second-order valence-electron chi connectivity index (χ2n) is 7.90. The highest BCUT2D eigenvalue weighted by Gasteiger charge is 2.15. The van der Waals surface area contributed by atoms with E-state index in [9.17, 15) is 19.7 Å². The smallest absolute Gasteiger partial charge is 0.195 e. The normalized spacial score (nSPS) is 14.0. The van der Waals surface area contributed by atoms with Crippen LogP contribution in [0, 0.1) is 0 Å².